The summed E-state index contributed by atoms with van der Waals surface area (Å²) in [7, 11) is 0. The number of hydrogen-bond acceptors (Lipinski definition) is 2. The van der Waals surface area contributed by atoms with E-state index in [-0.39, 0.29) is 42.0 Å². The van der Waals surface area contributed by atoms with Crippen LogP contribution in [0.1, 0.15) is 11.1 Å². The van der Waals surface area contributed by atoms with Gasteiger partial charge < -0.3 is 5.32 Å². The summed E-state index contributed by atoms with van der Waals surface area (Å²) in [4.78, 5) is 16.1. The zero-order valence-corrected chi connectivity index (χ0v) is 13.8. The molecule has 0 saturated heterocycles. The van der Waals surface area contributed by atoms with Gasteiger partial charge in [-0.15, -0.1) is 0 Å². The van der Waals surface area contributed by atoms with Gasteiger partial charge in [0.05, 0.1) is 11.4 Å². The van der Waals surface area contributed by atoms with Crippen LogP contribution in [0.25, 0.3) is 0 Å². The molecule has 95 valence electrons. The van der Waals surface area contributed by atoms with Gasteiger partial charge in [-0.3, -0.25) is 9.79 Å². The molecule has 2 aromatic rings. The standard InChI is InChI=1S/C15H11ClN2O.Na/c16-11-6-7-13-12(8-11)15(17-9-14(19)18-13)10-4-2-1-3-5-10;/h1-8H,9H2,(H,18,19);. The van der Waals surface area contributed by atoms with Crippen LogP contribution in [0.5, 0.6) is 0 Å². The average Bonchev–Trinajstić information content (AvgIpc) is 2.58. The number of hydrogen-bond donors (Lipinski definition) is 1. The Labute approximate surface area is 144 Å². The van der Waals surface area contributed by atoms with E-state index in [9.17, 15) is 4.79 Å². The smallest absolute Gasteiger partial charge is 0.246 e. The number of amides is 1. The van der Waals surface area contributed by atoms with Crippen LogP contribution in [-0.4, -0.2) is 47.7 Å². The van der Waals surface area contributed by atoms with Crippen molar-refractivity contribution < 1.29 is 4.79 Å². The van der Waals surface area contributed by atoms with E-state index in [0.29, 0.717) is 5.02 Å². The molecule has 0 bridgehead atoms. The Balaban J connectivity index is 0.00000147. The minimum absolute atomic E-state index is 0. The van der Waals surface area contributed by atoms with Crippen LogP contribution in [0.2, 0.25) is 5.02 Å². The second kappa shape index (κ2) is 6.55. The fraction of sp³-hybridized carbons (Fsp3) is 0.0667. The molecule has 0 fully saturated rings. The predicted octanol–water partition coefficient (Wildman–Crippen LogP) is 2.75. The maximum Gasteiger partial charge on any atom is 0.246 e. The summed E-state index contributed by atoms with van der Waals surface area (Å²) in [6.07, 6.45) is 0. The average molecular weight is 294 g/mol. The van der Waals surface area contributed by atoms with Gasteiger partial charge in [0.1, 0.15) is 6.54 Å². The number of nitrogens with one attached hydrogen (secondary N) is 1. The number of fused-ring (bicyclic) bond motifs is 1. The van der Waals surface area contributed by atoms with Crippen LogP contribution in [0.3, 0.4) is 0 Å². The van der Waals surface area contributed by atoms with Crippen molar-refractivity contribution in [2.45, 2.75) is 0 Å². The van der Waals surface area contributed by atoms with Gasteiger partial charge in [0.25, 0.3) is 0 Å². The van der Waals surface area contributed by atoms with Crippen molar-refractivity contribution in [1.82, 2.24) is 0 Å². The van der Waals surface area contributed by atoms with Gasteiger partial charge in [-0.25, -0.2) is 0 Å². The van der Waals surface area contributed by atoms with Crippen LogP contribution in [0.15, 0.2) is 53.5 Å². The largest absolute Gasteiger partial charge is 0.324 e. The van der Waals surface area contributed by atoms with E-state index in [2.05, 4.69) is 10.3 Å². The van der Waals surface area contributed by atoms with E-state index < -0.39 is 0 Å². The molecule has 0 spiro atoms. The van der Waals surface area contributed by atoms with E-state index in [0.717, 1.165) is 22.5 Å². The second-order valence-electron chi connectivity index (χ2n) is 4.27. The van der Waals surface area contributed by atoms with Crippen LogP contribution in [0, 0.1) is 0 Å². The summed E-state index contributed by atoms with van der Waals surface area (Å²) in [5, 5.41) is 3.46. The van der Waals surface area contributed by atoms with Gasteiger partial charge in [0.15, 0.2) is 0 Å². The molecule has 1 aliphatic rings. The van der Waals surface area contributed by atoms with Crippen LogP contribution in [-0.2, 0) is 4.79 Å². The Bertz CT molecular complexity index is 671. The van der Waals surface area contributed by atoms with Gasteiger partial charge in [0, 0.05) is 45.7 Å². The quantitative estimate of drug-likeness (QED) is 0.807. The molecule has 0 aromatic heterocycles. The van der Waals surface area contributed by atoms with Crippen molar-refractivity contribution in [2.75, 3.05) is 11.9 Å². The molecule has 1 aliphatic heterocycles. The molecule has 0 aliphatic carbocycles. The molecule has 3 nitrogen and oxygen atoms in total. The van der Waals surface area contributed by atoms with Crippen LogP contribution >= 0.6 is 11.6 Å². The number of aliphatic imine (C=N–C) groups is 1. The van der Waals surface area contributed by atoms with Gasteiger partial charge in [0.2, 0.25) is 5.91 Å². The predicted molar refractivity (Wildman–Crippen MR) is 82.8 cm³/mol. The first kappa shape index (κ1) is 15.3. The van der Waals surface area contributed by atoms with Crippen LogP contribution < -0.4 is 5.32 Å². The Hall–Kier alpha value is -1.13. The first-order chi connectivity index (χ1) is 9.24. The molecule has 1 heterocycles. The molecule has 5 heteroatoms. The Morgan fingerprint density at radius 3 is 2.60 bits per heavy atom. The summed E-state index contributed by atoms with van der Waals surface area (Å²) < 4.78 is 0. The SMILES string of the molecule is O=C1CN=C(c2ccccc2)c2cc(Cl)ccc2N1.[Na]. The minimum atomic E-state index is -0.116. The van der Waals surface area contributed by atoms with E-state index in [1.54, 1.807) is 12.1 Å². The molecule has 1 amide bonds. The number of carbonyl (C=O) groups excluding carboxylic acids is 1. The van der Waals surface area contributed by atoms with Crippen molar-refractivity contribution in [3.05, 3.63) is 64.7 Å². The molecule has 1 N–H and O–H groups in total. The van der Waals surface area contributed by atoms with Gasteiger partial charge in [-0.1, -0.05) is 41.9 Å². The molecule has 20 heavy (non-hydrogen) atoms. The van der Waals surface area contributed by atoms with Crippen molar-refractivity contribution in [3.63, 3.8) is 0 Å². The topological polar surface area (TPSA) is 41.5 Å². The van der Waals surface area contributed by atoms with E-state index in [1.807, 2.05) is 36.4 Å². The maximum absolute atomic E-state index is 11.7. The third-order valence-corrected chi connectivity index (χ3v) is 3.17. The van der Waals surface area contributed by atoms with E-state index >= 15 is 0 Å². The molecular formula is C15H11ClN2NaO. The summed E-state index contributed by atoms with van der Waals surface area (Å²) in [5.41, 5.74) is 3.36. The molecule has 3 rings (SSSR count). The fourth-order valence-electron chi connectivity index (χ4n) is 2.09. The number of benzodiazepines with no additional fused rings is 1. The number of halogens is 1. The summed E-state index contributed by atoms with van der Waals surface area (Å²) in [6.45, 7) is 0.122. The van der Waals surface area contributed by atoms with Crippen molar-refractivity contribution in [3.8, 4) is 0 Å². The normalized spacial score (nSPS) is 13.4. The first-order valence-electron chi connectivity index (χ1n) is 5.94. The molecule has 0 saturated carbocycles. The maximum atomic E-state index is 11.7. The fourth-order valence-corrected chi connectivity index (χ4v) is 2.26. The minimum Gasteiger partial charge on any atom is -0.324 e. The van der Waals surface area contributed by atoms with Crippen molar-refractivity contribution in [1.29, 1.82) is 0 Å². The van der Waals surface area contributed by atoms with Gasteiger partial charge >= 0.3 is 0 Å². The van der Waals surface area contributed by atoms with Gasteiger partial charge in [-0.05, 0) is 18.2 Å². The van der Waals surface area contributed by atoms with Crippen molar-refractivity contribution >= 4 is 58.5 Å². The van der Waals surface area contributed by atoms with E-state index in [4.69, 9.17) is 11.6 Å². The summed E-state index contributed by atoms with van der Waals surface area (Å²) >= 11 is 6.05. The van der Waals surface area contributed by atoms with Crippen molar-refractivity contribution in [2.24, 2.45) is 4.99 Å². The first-order valence-corrected chi connectivity index (χ1v) is 6.31. The number of carbonyl (C=O) groups is 1. The second-order valence-corrected chi connectivity index (χ2v) is 4.71. The number of benzene rings is 2. The van der Waals surface area contributed by atoms with Crippen LogP contribution in [0.4, 0.5) is 5.69 Å². The monoisotopic (exact) mass is 293 g/mol. The third-order valence-electron chi connectivity index (χ3n) is 2.94. The molecule has 0 atom stereocenters. The Morgan fingerprint density at radius 1 is 1.10 bits per heavy atom. The Kier molecular flexibility index (Phi) is 5.00. The zero-order valence-electron chi connectivity index (χ0n) is 11.1. The number of nitrogens with zero attached hydrogens (tertiary/aromatic N) is 1. The third kappa shape index (κ3) is 3.13. The summed E-state index contributed by atoms with van der Waals surface area (Å²) in [5.74, 6) is -0.116. The molecular weight excluding hydrogens is 283 g/mol. The zero-order chi connectivity index (χ0) is 13.2. The molecule has 2 aromatic carbocycles. The molecule has 0 unspecified atom stereocenters. The number of anilines is 1. The number of rotatable bonds is 1. The van der Waals surface area contributed by atoms with Gasteiger partial charge in [-0.2, -0.15) is 0 Å². The summed E-state index contributed by atoms with van der Waals surface area (Å²) in [6, 6.07) is 15.2. The molecule has 1 radical (unpaired) electrons. The Morgan fingerprint density at radius 2 is 1.85 bits per heavy atom. The van der Waals surface area contributed by atoms with E-state index in [1.165, 1.54) is 0 Å².